The molecule has 0 heterocycles. The number of thiocarbonyl (C=S) groups is 1. The van der Waals surface area contributed by atoms with Gasteiger partial charge < -0.3 is 0 Å². The topological polar surface area (TPSA) is 38.7 Å². The van der Waals surface area contributed by atoms with Gasteiger partial charge in [-0.3, -0.25) is 0 Å². The normalized spacial score (nSPS) is 11.7. The van der Waals surface area contributed by atoms with E-state index in [0.29, 0.717) is 27.3 Å². The summed E-state index contributed by atoms with van der Waals surface area (Å²) in [5, 5.41) is 11.3. The molecule has 0 spiro atoms. The number of hydrogen-bond donors (Lipinski definition) is 1. The standard InChI is InChI=1S/C20H24O3SSe/c21-17(14-16-25-19-12-5-2-6-13-19)9-7-8-15-22-20(24)23-18-10-3-1-4-11-18/h1-6,10-13,17,21H,7-9,14-16H2. The van der Waals surface area contributed by atoms with Gasteiger partial charge in [0.25, 0.3) is 0 Å². The molecule has 5 heteroatoms. The predicted molar refractivity (Wildman–Crippen MR) is 107 cm³/mol. The van der Waals surface area contributed by atoms with E-state index in [1.165, 1.54) is 4.46 Å². The van der Waals surface area contributed by atoms with Crippen LogP contribution in [0.4, 0.5) is 0 Å². The fraction of sp³-hybridized carbons (Fsp3) is 0.350. The van der Waals surface area contributed by atoms with Crippen LogP contribution in [0.15, 0.2) is 60.7 Å². The molecule has 134 valence electrons. The van der Waals surface area contributed by atoms with Crippen molar-refractivity contribution >= 4 is 36.9 Å². The SMILES string of the molecule is OC(CCCCOC(=S)Oc1ccccc1)CC[Se]c1ccccc1. The van der Waals surface area contributed by atoms with E-state index >= 15 is 0 Å². The molecule has 0 aliphatic rings. The summed E-state index contributed by atoms with van der Waals surface area (Å²) in [6.07, 6.45) is 3.23. The number of hydrogen-bond acceptors (Lipinski definition) is 4. The summed E-state index contributed by atoms with van der Waals surface area (Å²) in [6, 6.07) is 19.9. The third-order valence-corrected chi connectivity index (χ3v) is 5.95. The van der Waals surface area contributed by atoms with Crippen LogP contribution in [0.5, 0.6) is 5.75 Å². The second-order valence-corrected chi connectivity index (χ2v) is 8.40. The van der Waals surface area contributed by atoms with Crippen LogP contribution >= 0.6 is 12.2 Å². The van der Waals surface area contributed by atoms with Crippen molar-refractivity contribution < 1.29 is 14.6 Å². The number of unbranched alkanes of at least 4 members (excludes halogenated alkanes) is 1. The molecule has 0 radical (unpaired) electrons. The third-order valence-electron chi connectivity index (χ3n) is 3.56. The molecule has 0 aliphatic heterocycles. The number of aliphatic hydroxyl groups is 1. The number of ether oxygens (including phenoxy) is 2. The van der Waals surface area contributed by atoms with E-state index in [2.05, 4.69) is 24.3 Å². The van der Waals surface area contributed by atoms with Crippen molar-refractivity contribution in [3.8, 4) is 5.75 Å². The van der Waals surface area contributed by atoms with Gasteiger partial charge in [0, 0.05) is 0 Å². The Morgan fingerprint density at radius 3 is 2.36 bits per heavy atom. The Bertz CT molecular complexity index is 607. The van der Waals surface area contributed by atoms with E-state index < -0.39 is 0 Å². The molecule has 0 bridgehead atoms. The number of para-hydroxylation sites is 1. The summed E-state index contributed by atoms with van der Waals surface area (Å²) in [6.45, 7) is 0.520. The molecule has 0 aromatic heterocycles. The summed E-state index contributed by atoms with van der Waals surface area (Å²) in [5.74, 6) is 0.684. The van der Waals surface area contributed by atoms with E-state index in [1.807, 2.05) is 36.4 Å². The van der Waals surface area contributed by atoms with Gasteiger partial charge in [-0.2, -0.15) is 0 Å². The van der Waals surface area contributed by atoms with E-state index in [4.69, 9.17) is 21.7 Å². The van der Waals surface area contributed by atoms with Crippen molar-refractivity contribution in [2.75, 3.05) is 6.61 Å². The maximum atomic E-state index is 10.0. The molecule has 0 fully saturated rings. The van der Waals surface area contributed by atoms with Gasteiger partial charge in [0.05, 0.1) is 0 Å². The predicted octanol–water partition coefficient (Wildman–Crippen LogP) is 3.74. The molecule has 1 unspecified atom stereocenters. The minimum absolute atomic E-state index is 0.150. The molecule has 1 N–H and O–H groups in total. The fourth-order valence-corrected chi connectivity index (χ4v) is 4.45. The van der Waals surface area contributed by atoms with Crippen LogP contribution in [-0.4, -0.2) is 38.0 Å². The van der Waals surface area contributed by atoms with Crippen LogP contribution < -0.4 is 9.20 Å². The van der Waals surface area contributed by atoms with E-state index in [-0.39, 0.29) is 11.3 Å². The zero-order valence-electron chi connectivity index (χ0n) is 14.2. The molecular weight excluding hydrogens is 399 g/mol. The van der Waals surface area contributed by atoms with Crippen molar-refractivity contribution in [2.45, 2.75) is 37.1 Å². The average molecular weight is 423 g/mol. The summed E-state index contributed by atoms with van der Waals surface area (Å²) in [5.41, 5.74) is 0. The Morgan fingerprint density at radius 1 is 0.960 bits per heavy atom. The van der Waals surface area contributed by atoms with Crippen LogP contribution in [0.1, 0.15) is 25.7 Å². The Morgan fingerprint density at radius 2 is 1.64 bits per heavy atom. The van der Waals surface area contributed by atoms with Crippen LogP contribution in [0.3, 0.4) is 0 Å². The molecule has 0 saturated heterocycles. The zero-order valence-corrected chi connectivity index (χ0v) is 16.7. The van der Waals surface area contributed by atoms with Crippen molar-refractivity contribution in [1.29, 1.82) is 0 Å². The molecule has 25 heavy (non-hydrogen) atoms. The van der Waals surface area contributed by atoms with Crippen molar-refractivity contribution in [3.63, 3.8) is 0 Å². The van der Waals surface area contributed by atoms with Crippen molar-refractivity contribution in [1.82, 2.24) is 0 Å². The first-order valence-electron chi connectivity index (χ1n) is 8.49. The summed E-state index contributed by atoms with van der Waals surface area (Å²) in [7, 11) is 0. The molecule has 2 rings (SSSR count). The summed E-state index contributed by atoms with van der Waals surface area (Å²) >= 11 is 5.50. The van der Waals surface area contributed by atoms with Gasteiger partial charge in [0.2, 0.25) is 0 Å². The quantitative estimate of drug-likeness (QED) is 0.359. The molecule has 0 saturated carbocycles. The monoisotopic (exact) mass is 424 g/mol. The van der Waals surface area contributed by atoms with Crippen LogP contribution in [0, 0.1) is 0 Å². The van der Waals surface area contributed by atoms with Crippen LogP contribution in [-0.2, 0) is 4.74 Å². The van der Waals surface area contributed by atoms with Gasteiger partial charge in [0.15, 0.2) is 0 Å². The number of aliphatic hydroxyl groups excluding tert-OH is 1. The number of benzene rings is 2. The van der Waals surface area contributed by atoms with E-state index in [1.54, 1.807) is 0 Å². The Hall–Kier alpha value is -1.39. The van der Waals surface area contributed by atoms with Crippen molar-refractivity contribution in [3.05, 3.63) is 60.7 Å². The molecule has 3 nitrogen and oxygen atoms in total. The zero-order chi connectivity index (χ0) is 17.7. The van der Waals surface area contributed by atoms with Gasteiger partial charge in [-0.1, -0.05) is 18.2 Å². The Kier molecular flexibility index (Phi) is 9.60. The van der Waals surface area contributed by atoms with Gasteiger partial charge in [-0.25, -0.2) is 0 Å². The van der Waals surface area contributed by atoms with Crippen LogP contribution in [0.2, 0.25) is 5.32 Å². The van der Waals surface area contributed by atoms with Gasteiger partial charge in [-0.15, -0.1) is 0 Å². The Labute approximate surface area is 161 Å². The molecule has 1 atom stereocenters. The van der Waals surface area contributed by atoms with E-state index in [9.17, 15) is 5.11 Å². The maximum absolute atomic E-state index is 10.0. The first-order chi connectivity index (χ1) is 12.2. The second kappa shape index (κ2) is 12.0. The summed E-state index contributed by atoms with van der Waals surface area (Å²) < 4.78 is 12.2. The molecule has 0 aliphatic carbocycles. The Balaban J connectivity index is 1.47. The first-order valence-corrected chi connectivity index (χ1v) is 11.0. The summed E-state index contributed by atoms with van der Waals surface area (Å²) in [4.78, 5) is 0. The minimum atomic E-state index is -0.224. The molecule has 0 amide bonds. The molecule has 2 aromatic rings. The van der Waals surface area contributed by atoms with Gasteiger partial charge in [-0.05, 0) is 0 Å². The average Bonchev–Trinajstić information content (AvgIpc) is 2.63. The van der Waals surface area contributed by atoms with Crippen molar-refractivity contribution in [2.24, 2.45) is 0 Å². The third kappa shape index (κ3) is 9.03. The second-order valence-electron chi connectivity index (χ2n) is 5.61. The fourth-order valence-electron chi connectivity index (χ4n) is 2.23. The first kappa shape index (κ1) is 19.9. The van der Waals surface area contributed by atoms with Gasteiger partial charge >= 0.3 is 143 Å². The number of rotatable bonds is 10. The van der Waals surface area contributed by atoms with Gasteiger partial charge in [0.1, 0.15) is 0 Å². The van der Waals surface area contributed by atoms with Crippen LogP contribution in [0.25, 0.3) is 0 Å². The van der Waals surface area contributed by atoms with E-state index in [0.717, 1.165) is 31.0 Å². The molecular formula is C20H24O3SSe. The molecule has 2 aromatic carbocycles.